The second-order valence-corrected chi connectivity index (χ2v) is 6.94. The summed E-state index contributed by atoms with van der Waals surface area (Å²) in [7, 11) is 2.01. The van der Waals surface area contributed by atoms with Crippen molar-refractivity contribution in [3.63, 3.8) is 0 Å². The smallest absolute Gasteiger partial charge is 0.258 e. The lowest BCUT2D eigenvalue weighted by molar-refractivity contribution is 0.199. The van der Waals surface area contributed by atoms with Crippen LogP contribution in [0.1, 0.15) is 30.1 Å². The topological polar surface area (TPSA) is 55.4 Å². The van der Waals surface area contributed by atoms with E-state index in [2.05, 4.69) is 21.0 Å². The Bertz CT molecular complexity index is 872. The molecule has 0 unspecified atom stereocenters. The highest BCUT2D eigenvalue weighted by Crippen LogP contribution is 2.27. The molecule has 1 saturated heterocycles. The molecule has 3 aromatic heterocycles. The van der Waals surface area contributed by atoms with Gasteiger partial charge in [0.15, 0.2) is 4.96 Å². The van der Waals surface area contributed by atoms with Crippen LogP contribution in [0, 0.1) is 0 Å². The van der Waals surface area contributed by atoms with Crippen molar-refractivity contribution in [2.75, 3.05) is 13.1 Å². The van der Waals surface area contributed by atoms with Crippen molar-refractivity contribution in [3.05, 3.63) is 51.6 Å². The minimum atomic E-state index is 0.0102. The van der Waals surface area contributed by atoms with Gasteiger partial charge < -0.3 is 0 Å². The minimum absolute atomic E-state index is 0.0102. The number of likely N-dealkylation sites (tertiary alicyclic amines) is 1. The fraction of sp³-hybridized carbons (Fsp3) is 0.438. The Hall–Kier alpha value is -1.99. The monoisotopic (exact) mass is 329 g/mol. The average Bonchev–Trinajstić information content (AvgIpc) is 3.17. The number of piperidine rings is 1. The summed E-state index contributed by atoms with van der Waals surface area (Å²) in [5, 5.41) is 6.17. The third kappa shape index (κ3) is 2.82. The van der Waals surface area contributed by atoms with E-state index in [-0.39, 0.29) is 5.56 Å². The molecule has 0 N–H and O–H groups in total. The normalized spacial score (nSPS) is 17.1. The second-order valence-electron chi connectivity index (χ2n) is 6.07. The number of thiazole rings is 1. The van der Waals surface area contributed by atoms with E-state index in [0.29, 0.717) is 5.92 Å². The van der Waals surface area contributed by atoms with Gasteiger partial charge in [-0.1, -0.05) is 0 Å². The third-order valence-corrected chi connectivity index (χ3v) is 5.36. The van der Waals surface area contributed by atoms with Crippen molar-refractivity contribution in [2.24, 2.45) is 7.05 Å². The zero-order valence-corrected chi connectivity index (χ0v) is 13.9. The zero-order valence-electron chi connectivity index (χ0n) is 13.1. The Kier molecular flexibility index (Phi) is 3.74. The van der Waals surface area contributed by atoms with Crippen LogP contribution in [0.15, 0.2) is 34.7 Å². The van der Waals surface area contributed by atoms with Crippen LogP contribution in [-0.2, 0) is 13.6 Å². The number of aryl methyl sites for hydroxylation is 1. The Labute approximate surface area is 138 Å². The van der Waals surface area contributed by atoms with Crippen molar-refractivity contribution in [1.82, 2.24) is 24.1 Å². The molecule has 0 bridgehead atoms. The average molecular weight is 329 g/mol. The van der Waals surface area contributed by atoms with Gasteiger partial charge in [-0.25, -0.2) is 4.98 Å². The summed E-state index contributed by atoms with van der Waals surface area (Å²) in [6.45, 7) is 2.81. The standard InChI is InChI=1S/C16H19N5OS/c1-19-14(2-5-17-19)12-3-6-20(7-4-12)11-13-10-15(22)21-8-9-23-16(21)18-13/h2,5,8-10,12H,3-4,6-7,11H2,1H3. The Morgan fingerprint density at radius 2 is 2.17 bits per heavy atom. The molecule has 0 aliphatic carbocycles. The molecular weight excluding hydrogens is 310 g/mol. The molecule has 1 fully saturated rings. The maximum atomic E-state index is 12.0. The van der Waals surface area contributed by atoms with Crippen LogP contribution in [0.25, 0.3) is 4.96 Å². The summed E-state index contributed by atoms with van der Waals surface area (Å²) in [5.41, 5.74) is 2.20. The fourth-order valence-corrected chi connectivity index (χ4v) is 4.11. The molecular formula is C16H19N5OS. The lowest BCUT2D eigenvalue weighted by Crippen LogP contribution is -2.33. The Morgan fingerprint density at radius 1 is 1.35 bits per heavy atom. The van der Waals surface area contributed by atoms with E-state index in [9.17, 15) is 4.79 Å². The summed E-state index contributed by atoms with van der Waals surface area (Å²) < 4.78 is 3.58. The largest absolute Gasteiger partial charge is 0.297 e. The lowest BCUT2D eigenvalue weighted by Gasteiger charge is -2.31. The maximum absolute atomic E-state index is 12.0. The number of fused-ring (bicyclic) bond motifs is 1. The van der Waals surface area contributed by atoms with Crippen molar-refractivity contribution in [3.8, 4) is 0 Å². The molecule has 0 atom stereocenters. The molecule has 7 heteroatoms. The van der Waals surface area contributed by atoms with E-state index < -0.39 is 0 Å². The van der Waals surface area contributed by atoms with Gasteiger partial charge in [-0.05, 0) is 32.0 Å². The first-order valence-electron chi connectivity index (χ1n) is 7.87. The molecule has 120 valence electrons. The van der Waals surface area contributed by atoms with Crippen molar-refractivity contribution in [2.45, 2.75) is 25.3 Å². The molecule has 0 aromatic carbocycles. The van der Waals surface area contributed by atoms with Gasteiger partial charge in [-0.15, -0.1) is 11.3 Å². The molecule has 4 rings (SSSR count). The van der Waals surface area contributed by atoms with Gasteiger partial charge in [0.25, 0.3) is 5.56 Å². The van der Waals surface area contributed by atoms with Crippen molar-refractivity contribution >= 4 is 16.3 Å². The molecule has 1 aliphatic rings. The second kappa shape index (κ2) is 5.90. The van der Waals surface area contributed by atoms with E-state index in [1.807, 2.05) is 23.3 Å². The first-order valence-corrected chi connectivity index (χ1v) is 8.75. The van der Waals surface area contributed by atoms with E-state index in [4.69, 9.17) is 0 Å². The van der Waals surface area contributed by atoms with Crippen LogP contribution in [0.2, 0.25) is 0 Å². The maximum Gasteiger partial charge on any atom is 0.258 e. The number of nitrogens with zero attached hydrogens (tertiary/aromatic N) is 5. The molecule has 0 amide bonds. The van der Waals surface area contributed by atoms with Crippen LogP contribution in [0.4, 0.5) is 0 Å². The molecule has 6 nitrogen and oxygen atoms in total. The van der Waals surface area contributed by atoms with Gasteiger partial charge in [0.2, 0.25) is 0 Å². The highest BCUT2D eigenvalue weighted by molar-refractivity contribution is 7.15. The van der Waals surface area contributed by atoms with Gasteiger partial charge in [-0.2, -0.15) is 5.10 Å². The van der Waals surface area contributed by atoms with Crippen LogP contribution >= 0.6 is 11.3 Å². The van der Waals surface area contributed by atoms with Crippen molar-refractivity contribution < 1.29 is 0 Å². The van der Waals surface area contributed by atoms with Gasteiger partial charge in [0.1, 0.15) is 0 Å². The predicted octanol–water partition coefficient (Wildman–Crippen LogP) is 1.87. The summed E-state index contributed by atoms with van der Waals surface area (Å²) in [4.78, 5) is 19.8. The molecule has 1 aliphatic heterocycles. The van der Waals surface area contributed by atoms with Crippen LogP contribution in [0.5, 0.6) is 0 Å². The summed E-state index contributed by atoms with van der Waals surface area (Å²) in [6.07, 6.45) is 5.90. The Balaban J connectivity index is 1.44. The van der Waals surface area contributed by atoms with Gasteiger partial charge in [0.05, 0.1) is 5.69 Å². The highest BCUT2D eigenvalue weighted by Gasteiger charge is 2.23. The molecule has 4 heterocycles. The first-order chi connectivity index (χ1) is 11.2. The fourth-order valence-electron chi connectivity index (χ4n) is 3.37. The number of rotatable bonds is 3. The number of hydrogen-bond acceptors (Lipinski definition) is 5. The summed E-state index contributed by atoms with van der Waals surface area (Å²) in [5.74, 6) is 0.581. The molecule has 3 aromatic rings. The van der Waals surface area contributed by atoms with E-state index >= 15 is 0 Å². The van der Waals surface area contributed by atoms with E-state index in [1.54, 1.807) is 16.7 Å². The molecule has 0 radical (unpaired) electrons. The SMILES string of the molecule is Cn1nccc1C1CCN(Cc2cc(=O)n3ccsc3n2)CC1. The third-order valence-electron chi connectivity index (χ3n) is 4.61. The quantitative estimate of drug-likeness (QED) is 0.736. The highest BCUT2D eigenvalue weighted by atomic mass is 32.1. The molecule has 0 spiro atoms. The van der Waals surface area contributed by atoms with Gasteiger partial charge >= 0.3 is 0 Å². The van der Waals surface area contributed by atoms with Crippen LogP contribution < -0.4 is 5.56 Å². The summed E-state index contributed by atoms with van der Waals surface area (Å²) in [6, 6.07) is 3.78. The summed E-state index contributed by atoms with van der Waals surface area (Å²) >= 11 is 1.50. The van der Waals surface area contributed by atoms with Crippen LogP contribution in [-0.4, -0.2) is 37.2 Å². The minimum Gasteiger partial charge on any atom is -0.297 e. The zero-order chi connectivity index (χ0) is 15.8. The lowest BCUT2D eigenvalue weighted by atomic mass is 9.93. The van der Waals surface area contributed by atoms with Gasteiger partial charge in [-0.3, -0.25) is 18.8 Å². The number of hydrogen-bond donors (Lipinski definition) is 0. The number of aromatic nitrogens is 4. The Morgan fingerprint density at radius 3 is 2.91 bits per heavy atom. The molecule has 23 heavy (non-hydrogen) atoms. The van der Waals surface area contributed by atoms with E-state index in [1.165, 1.54) is 17.0 Å². The van der Waals surface area contributed by atoms with Crippen LogP contribution in [0.3, 0.4) is 0 Å². The van der Waals surface area contributed by atoms with Crippen molar-refractivity contribution in [1.29, 1.82) is 0 Å². The van der Waals surface area contributed by atoms with E-state index in [0.717, 1.165) is 43.1 Å². The first kappa shape index (κ1) is 14.6. The predicted molar refractivity (Wildman–Crippen MR) is 89.8 cm³/mol. The van der Waals surface area contributed by atoms with Gasteiger partial charge in [0, 0.05) is 49.0 Å². The molecule has 0 saturated carbocycles.